The van der Waals surface area contributed by atoms with Crippen molar-refractivity contribution in [1.29, 1.82) is 0 Å². The van der Waals surface area contributed by atoms with Crippen LogP contribution in [0.2, 0.25) is 0 Å². The summed E-state index contributed by atoms with van der Waals surface area (Å²) in [5, 5.41) is 1.18. The Morgan fingerprint density at radius 1 is 1.31 bits per heavy atom. The van der Waals surface area contributed by atoms with Crippen molar-refractivity contribution in [3.63, 3.8) is 0 Å². The summed E-state index contributed by atoms with van der Waals surface area (Å²) in [5.74, 6) is 0.951. The molecule has 80 valence electrons. The molecule has 1 aliphatic rings. The van der Waals surface area contributed by atoms with Crippen molar-refractivity contribution >= 4 is 22.6 Å². The molecule has 1 nitrogen and oxygen atoms in total. The zero-order chi connectivity index (χ0) is 11.3. The summed E-state index contributed by atoms with van der Waals surface area (Å²) in [4.78, 5) is 0. The summed E-state index contributed by atoms with van der Waals surface area (Å²) in [5.41, 5.74) is 5.92. The fraction of sp³-hybridized carbons (Fsp3) is 0.200. The number of hydrogen-bond acceptors (Lipinski definition) is 1. The third-order valence-corrected chi connectivity index (χ3v) is 3.30. The van der Waals surface area contributed by atoms with E-state index in [1.807, 2.05) is 13.0 Å². The maximum atomic E-state index is 5.75. The third-order valence-electron chi connectivity index (χ3n) is 3.30. The van der Waals surface area contributed by atoms with E-state index in [1.54, 1.807) is 0 Å². The SMILES string of the molecule is C=Cc1c2c(cc3cc(C)oc13)CCC2=C. The zero-order valence-corrected chi connectivity index (χ0v) is 9.47. The van der Waals surface area contributed by atoms with Crippen LogP contribution in [-0.2, 0) is 6.42 Å². The van der Waals surface area contributed by atoms with Crippen LogP contribution < -0.4 is 0 Å². The standard InChI is InChI=1S/C15H14O/c1-4-13-14-9(2)5-6-11(14)8-12-7-10(3)16-15(12)13/h4,7-8H,1-2,5-6H2,3H3. The lowest BCUT2D eigenvalue weighted by Gasteiger charge is -2.06. The summed E-state index contributed by atoms with van der Waals surface area (Å²) in [6.45, 7) is 10.0. The van der Waals surface area contributed by atoms with Gasteiger partial charge in [0.1, 0.15) is 11.3 Å². The van der Waals surface area contributed by atoms with Crippen LogP contribution in [0.3, 0.4) is 0 Å². The fourth-order valence-corrected chi connectivity index (χ4v) is 2.62. The number of benzene rings is 1. The Morgan fingerprint density at radius 3 is 2.88 bits per heavy atom. The van der Waals surface area contributed by atoms with Crippen LogP contribution in [0.25, 0.3) is 22.6 Å². The maximum absolute atomic E-state index is 5.75. The molecule has 1 heterocycles. The molecule has 0 saturated carbocycles. The molecule has 1 aliphatic carbocycles. The number of aryl methyl sites for hydroxylation is 2. The van der Waals surface area contributed by atoms with Gasteiger partial charge in [-0.2, -0.15) is 0 Å². The van der Waals surface area contributed by atoms with Crippen LogP contribution in [0.15, 0.2) is 29.7 Å². The fourth-order valence-electron chi connectivity index (χ4n) is 2.62. The second kappa shape index (κ2) is 3.11. The molecule has 0 atom stereocenters. The lowest BCUT2D eigenvalue weighted by Crippen LogP contribution is -1.87. The maximum Gasteiger partial charge on any atom is 0.142 e. The highest BCUT2D eigenvalue weighted by atomic mass is 16.3. The van der Waals surface area contributed by atoms with E-state index in [0.717, 1.165) is 29.7 Å². The first-order chi connectivity index (χ1) is 7.70. The monoisotopic (exact) mass is 210 g/mol. The predicted octanol–water partition coefficient (Wildman–Crippen LogP) is 4.34. The van der Waals surface area contributed by atoms with E-state index < -0.39 is 0 Å². The molecule has 0 bridgehead atoms. The molecular weight excluding hydrogens is 196 g/mol. The van der Waals surface area contributed by atoms with Gasteiger partial charge >= 0.3 is 0 Å². The summed E-state index contributed by atoms with van der Waals surface area (Å²) in [7, 11) is 0. The van der Waals surface area contributed by atoms with Gasteiger partial charge in [0.05, 0.1) is 0 Å². The van der Waals surface area contributed by atoms with Gasteiger partial charge in [-0.15, -0.1) is 0 Å². The van der Waals surface area contributed by atoms with Gasteiger partial charge in [-0.25, -0.2) is 0 Å². The highest BCUT2D eigenvalue weighted by Crippen LogP contribution is 2.39. The topological polar surface area (TPSA) is 13.1 Å². The van der Waals surface area contributed by atoms with E-state index in [4.69, 9.17) is 4.42 Å². The minimum atomic E-state index is 0.951. The molecule has 0 aliphatic heterocycles. The number of rotatable bonds is 1. The van der Waals surface area contributed by atoms with E-state index in [0.29, 0.717) is 0 Å². The summed E-state index contributed by atoms with van der Waals surface area (Å²) < 4.78 is 5.75. The average molecular weight is 210 g/mol. The summed E-state index contributed by atoms with van der Waals surface area (Å²) in [6.07, 6.45) is 4.04. The first kappa shape index (κ1) is 9.46. The van der Waals surface area contributed by atoms with Crippen molar-refractivity contribution in [3.05, 3.63) is 47.7 Å². The smallest absolute Gasteiger partial charge is 0.142 e. The number of hydrogen-bond donors (Lipinski definition) is 0. The van der Waals surface area contributed by atoms with Crippen molar-refractivity contribution < 1.29 is 4.42 Å². The van der Waals surface area contributed by atoms with Crippen LogP contribution >= 0.6 is 0 Å². The number of fused-ring (bicyclic) bond motifs is 2. The van der Waals surface area contributed by atoms with E-state index in [-0.39, 0.29) is 0 Å². The van der Waals surface area contributed by atoms with Crippen molar-refractivity contribution in [3.8, 4) is 0 Å². The largest absolute Gasteiger partial charge is 0.461 e. The highest BCUT2D eigenvalue weighted by molar-refractivity contribution is 5.94. The Hall–Kier alpha value is -1.76. The lowest BCUT2D eigenvalue weighted by molar-refractivity contribution is 0.578. The van der Waals surface area contributed by atoms with Crippen molar-refractivity contribution in [1.82, 2.24) is 0 Å². The molecule has 1 aromatic carbocycles. The predicted molar refractivity (Wildman–Crippen MR) is 68.4 cm³/mol. The molecule has 1 heteroatoms. The Morgan fingerprint density at radius 2 is 2.12 bits per heavy atom. The van der Waals surface area contributed by atoms with E-state index >= 15 is 0 Å². The first-order valence-corrected chi connectivity index (χ1v) is 5.57. The van der Waals surface area contributed by atoms with Crippen LogP contribution in [0.1, 0.15) is 28.9 Å². The Kier molecular flexibility index (Phi) is 1.84. The molecule has 0 saturated heterocycles. The average Bonchev–Trinajstić information content (AvgIpc) is 2.78. The molecule has 0 unspecified atom stereocenters. The second-order valence-corrected chi connectivity index (χ2v) is 4.41. The van der Waals surface area contributed by atoms with Crippen LogP contribution in [-0.4, -0.2) is 0 Å². The molecule has 0 amide bonds. The number of allylic oxidation sites excluding steroid dienone is 1. The van der Waals surface area contributed by atoms with E-state index in [1.165, 1.54) is 22.1 Å². The minimum absolute atomic E-state index is 0.951. The molecule has 0 N–H and O–H groups in total. The minimum Gasteiger partial charge on any atom is -0.461 e. The van der Waals surface area contributed by atoms with Gasteiger partial charge in [-0.1, -0.05) is 19.2 Å². The van der Waals surface area contributed by atoms with Gasteiger partial charge in [0.25, 0.3) is 0 Å². The van der Waals surface area contributed by atoms with Crippen molar-refractivity contribution in [2.24, 2.45) is 0 Å². The van der Waals surface area contributed by atoms with Gasteiger partial charge in [0, 0.05) is 10.9 Å². The van der Waals surface area contributed by atoms with Gasteiger partial charge < -0.3 is 4.42 Å². The quantitative estimate of drug-likeness (QED) is 0.682. The van der Waals surface area contributed by atoms with E-state index in [9.17, 15) is 0 Å². The molecule has 0 radical (unpaired) electrons. The Labute approximate surface area is 95.1 Å². The molecule has 0 fully saturated rings. The van der Waals surface area contributed by atoms with Crippen LogP contribution in [0.4, 0.5) is 0 Å². The molecule has 1 aromatic heterocycles. The molecule has 16 heavy (non-hydrogen) atoms. The molecule has 3 rings (SSSR count). The summed E-state index contributed by atoms with van der Waals surface area (Å²) in [6, 6.07) is 4.32. The Balaban J connectivity index is 2.48. The van der Waals surface area contributed by atoms with Gasteiger partial charge in [-0.3, -0.25) is 0 Å². The highest BCUT2D eigenvalue weighted by Gasteiger charge is 2.21. The summed E-state index contributed by atoms with van der Waals surface area (Å²) >= 11 is 0. The van der Waals surface area contributed by atoms with Crippen LogP contribution in [0.5, 0.6) is 0 Å². The molecule has 2 aromatic rings. The van der Waals surface area contributed by atoms with Crippen molar-refractivity contribution in [2.45, 2.75) is 19.8 Å². The first-order valence-electron chi connectivity index (χ1n) is 5.57. The van der Waals surface area contributed by atoms with Crippen LogP contribution in [0, 0.1) is 6.92 Å². The lowest BCUT2D eigenvalue weighted by atomic mass is 9.98. The normalized spacial score (nSPS) is 14.4. The molecular formula is C15H14O. The van der Waals surface area contributed by atoms with Gasteiger partial charge in [0.15, 0.2) is 0 Å². The van der Waals surface area contributed by atoms with E-state index in [2.05, 4.69) is 25.3 Å². The zero-order valence-electron chi connectivity index (χ0n) is 9.47. The molecule has 0 spiro atoms. The third kappa shape index (κ3) is 1.12. The second-order valence-electron chi connectivity index (χ2n) is 4.41. The number of furan rings is 1. The Bertz CT molecular complexity index is 614. The van der Waals surface area contributed by atoms with Gasteiger partial charge in [0.2, 0.25) is 0 Å². The van der Waals surface area contributed by atoms with Gasteiger partial charge in [-0.05, 0) is 48.6 Å². The van der Waals surface area contributed by atoms with Crippen molar-refractivity contribution in [2.75, 3.05) is 0 Å².